The highest BCUT2D eigenvalue weighted by atomic mass is 79.9. The van der Waals surface area contributed by atoms with Crippen LogP contribution in [0, 0.1) is 11.2 Å². The van der Waals surface area contributed by atoms with Gasteiger partial charge >= 0.3 is 0 Å². The zero-order chi connectivity index (χ0) is 12.6. The number of halogens is 2. The number of thiocarbonyl (C=S) groups is 1. The average molecular weight is 317 g/mol. The van der Waals surface area contributed by atoms with Gasteiger partial charge in [-0.25, -0.2) is 4.39 Å². The molecule has 0 unspecified atom stereocenters. The highest BCUT2D eigenvalue weighted by Gasteiger charge is 2.36. The van der Waals surface area contributed by atoms with Gasteiger partial charge in [0.15, 0.2) is 5.82 Å². The van der Waals surface area contributed by atoms with Crippen LogP contribution in [0.2, 0.25) is 0 Å². The third-order valence-electron chi connectivity index (χ3n) is 3.16. The van der Waals surface area contributed by atoms with Crippen LogP contribution in [0.15, 0.2) is 16.6 Å². The molecule has 0 amide bonds. The predicted octanol–water partition coefficient (Wildman–Crippen LogP) is 3.43. The number of nitrogens with one attached hydrogen (secondary N) is 1. The van der Waals surface area contributed by atoms with E-state index in [1.807, 2.05) is 0 Å². The Morgan fingerprint density at radius 2 is 2.24 bits per heavy atom. The van der Waals surface area contributed by atoms with E-state index in [1.165, 1.54) is 12.8 Å². The largest absolute Gasteiger partial charge is 0.389 e. The lowest BCUT2D eigenvalue weighted by Crippen LogP contribution is -2.15. The average Bonchev–Trinajstić information content (AvgIpc) is 2.99. The molecular formula is C12H14BrFN2S. The van der Waals surface area contributed by atoms with Gasteiger partial charge in [0.2, 0.25) is 0 Å². The van der Waals surface area contributed by atoms with Gasteiger partial charge in [-0.3, -0.25) is 0 Å². The van der Waals surface area contributed by atoms with Gasteiger partial charge in [-0.05, 0) is 46.3 Å². The summed E-state index contributed by atoms with van der Waals surface area (Å²) in [5.41, 5.74) is 6.85. The normalized spacial score (nSPS) is 16.6. The zero-order valence-corrected chi connectivity index (χ0v) is 11.9. The number of rotatable bonds is 4. The predicted molar refractivity (Wildman–Crippen MR) is 75.8 cm³/mol. The Balaban J connectivity index is 2.18. The van der Waals surface area contributed by atoms with Crippen LogP contribution in [-0.4, -0.2) is 11.5 Å². The number of hydrogen-bond acceptors (Lipinski definition) is 2. The summed E-state index contributed by atoms with van der Waals surface area (Å²) in [5.74, 6) is -0.334. The summed E-state index contributed by atoms with van der Waals surface area (Å²) < 4.78 is 14.3. The fraction of sp³-hybridized carbons (Fsp3) is 0.417. The maximum atomic E-state index is 14.0. The van der Waals surface area contributed by atoms with E-state index >= 15 is 0 Å². The Hall–Kier alpha value is -0.680. The van der Waals surface area contributed by atoms with E-state index in [0.29, 0.717) is 21.1 Å². The van der Waals surface area contributed by atoms with Crippen LogP contribution in [-0.2, 0) is 0 Å². The quantitative estimate of drug-likeness (QED) is 0.836. The van der Waals surface area contributed by atoms with Crippen molar-refractivity contribution in [2.75, 3.05) is 11.9 Å². The second-order valence-electron chi connectivity index (χ2n) is 4.82. The molecule has 0 heterocycles. The molecule has 0 atom stereocenters. The first-order chi connectivity index (χ1) is 7.93. The Kier molecular flexibility index (Phi) is 3.41. The van der Waals surface area contributed by atoms with E-state index < -0.39 is 0 Å². The second kappa shape index (κ2) is 4.53. The standard InChI is InChI=1S/C12H14BrFN2S/c1-12(4-5-12)6-16-8-3-2-7(11(15)17)9(13)10(8)14/h2-3,16H,4-6H2,1H3,(H2,15,17). The number of hydrogen-bond donors (Lipinski definition) is 2. The van der Waals surface area contributed by atoms with Crippen molar-refractivity contribution in [3.05, 3.63) is 28.0 Å². The minimum absolute atomic E-state index is 0.191. The molecule has 17 heavy (non-hydrogen) atoms. The van der Waals surface area contributed by atoms with Gasteiger partial charge in [-0.1, -0.05) is 19.1 Å². The molecule has 0 saturated heterocycles. The number of benzene rings is 1. The van der Waals surface area contributed by atoms with E-state index in [1.54, 1.807) is 12.1 Å². The number of anilines is 1. The molecule has 0 aromatic heterocycles. The third kappa shape index (κ3) is 2.77. The molecule has 1 saturated carbocycles. The first-order valence-electron chi connectivity index (χ1n) is 5.45. The van der Waals surface area contributed by atoms with Crippen molar-refractivity contribution in [3.8, 4) is 0 Å². The molecule has 0 spiro atoms. The summed E-state index contributed by atoms with van der Waals surface area (Å²) in [7, 11) is 0. The highest BCUT2D eigenvalue weighted by Crippen LogP contribution is 2.45. The van der Waals surface area contributed by atoms with Crippen LogP contribution >= 0.6 is 28.1 Å². The minimum atomic E-state index is -0.334. The van der Waals surface area contributed by atoms with E-state index in [9.17, 15) is 4.39 Å². The van der Waals surface area contributed by atoms with Gasteiger partial charge in [0.05, 0.1) is 10.2 Å². The fourth-order valence-electron chi connectivity index (χ4n) is 1.58. The topological polar surface area (TPSA) is 38.0 Å². The summed E-state index contributed by atoms with van der Waals surface area (Å²) in [6.07, 6.45) is 2.40. The van der Waals surface area contributed by atoms with E-state index in [4.69, 9.17) is 18.0 Å². The lowest BCUT2D eigenvalue weighted by Gasteiger charge is -2.14. The van der Waals surface area contributed by atoms with Crippen molar-refractivity contribution in [2.24, 2.45) is 11.1 Å². The lowest BCUT2D eigenvalue weighted by atomic mass is 10.1. The SMILES string of the molecule is CC1(CNc2ccc(C(N)=S)c(Br)c2F)CC1. The van der Waals surface area contributed by atoms with Crippen molar-refractivity contribution < 1.29 is 4.39 Å². The van der Waals surface area contributed by atoms with Crippen LogP contribution in [0.5, 0.6) is 0 Å². The molecular weight excluding hydrogens is 303 g/mol. The summed E-state index contributed by atoms with van der Waals surface area (Å²) in [5, 5.41) is 3.13. The molecule has 1 aromatic rings. The highest BCUT2D eigenvalue weighted by molar-refractivity contribution is 9.10. The van der Waals surface area contributed by atoms with Crippen LogP contribution < -0.4 is 11.1 Å². The van der Waals surface area contributed by atoms with Gasteiger partial charge in [0.1, 0.15) is 4.99 Å². The maximum Gasteiger partial charge on any atom is 0.161 e. The van der Waals surface area contributed by atoms with Crippen LogP contribution in [0.25, 0.3) is 0 Å². The van der Waals surface area contributed by atoms with Crippen LogP contribution in [0.3, 0.4) is 0 Å². The van der Waals surface area contributed by atoms with Crippen LogP contribution in [0.1, 0.15) is 25.3 Å². The molecule has 2 nitrogen and oxygen atoms in total. The Morgan fingerprint density at radius 3 is 2.76 bits per heavy atom. The van der Waals surface area contributed by atoms with E-state index in [-0.39, 0.29) is 10.8 Å². The van der Waals surface area contributed by atoms with Gasteiger partial charge in [0.25, 0.3) is 0 Å². The molecule has 1 aliphatic rings. The Bertz CT molecular complexity index is 472. The Morgan fingerprint density at radius 1 is 1.59 bits per heavy atom. The maximum absolute atomic E-state index is 14.0. The molecule has 0 bridgehead atoms. The molecule has 1 fully saturated rings. The molecule has 1 aromatic carbocycles. The Labute approximate surface area is 114 Å². The summed E-state index contributed by atoms with van der Waals surface area (Å²) in [6.45, 7) is 2.99. The summed E-state index contributed by atoms with van der Waals surface area (Å²) in [4.78, 5) is 0.191. The first kappa shape index (κ1) is 12.8. The monoisotopic (exact) mass is 316 g/mol. The van der Waals surface area contributed by atoms with Crippen molar-refractivity contribution in [1.29, 1.82) is 0 Å². The molecule has 1 aliphatic carbocycles. The van der Waals surface area contributed by atoms with Crippen LogP contribution in [0.4, 0.5) is 10.1 Å². The second-order valence-corrected chi connectivity index (χ2v) is 6.05. The molecule has 0 aliphatic heterocycles. The van der Waals surface area contributed by atoms with Gasteiger partial charge < -0.3 is 11.1 Å². The van der Waals surface area contributed by atoms with Gasteiger partial charge in [-0.15, -0.1) is 0 Å². The minimum Gasteiger partial charge on any atom is -0.389 e. The molecule has 92 valence electrons. The summed E-state index contributed by atoms with van der Waals surface area (Å²) in [6, 6.07) is 3.41. The molecule has 0 radical (unpaired) electrons. The lowest BCUT2D eigenvalue weighted by molar-refractivity contribution is 0.595. The first-order valence-corrected chi connectivity index (χ1v) is 6.65. The molecule has 3 N–H and O–H groups in total. The zero-order valence-electron chi connectivity index (χ0n) is 9.52. The van der Waals surface area contributed by atoms with Crippen molar-refractivity contribution in [1.82, 2.24) is 0 Å². The van der Waals surface area contributed by atoms with Gasteiger partial charge in [0, 0.05) is 12.1 Å². The van der Waals surface area contributed by atoms with E-state index in [2.05, 4.69) is 28.2 Å². The summed E-state index contributed by atoms with van der Waals surface area (Å²) >= 11 is 8.03. The molecule has 5 heteroatoms. The van der Waals surface area contributed by atoms with Gasteiger partial charge in [-0.2, -0.15) is 0 Å². The fourth-order valence-corrected chi connectivity index (χ4v) is 2.44. The third-order valence-corrected chi connectivity index (χ3v) is 4.15. The van der Waals surface area contributed by atoms with Crippen molar-refractivity contribution >= 4 is 38.8 Å². The molecule has 2 rings (SSSR count). The van der Waals surface area contributed by atoms with Crippen molar-refractivity contribution in [3.63, 3.8) is 0 Å². The smallest absolute Gasteiger partial charge is 0.161 e. The number of nitrogens with two attached hydrogens (primary N) is 1. The van der Waals surface area contributed by atoms with E-state index in [0.717, 1.165) is 6.54 Å². The van der Waals surface area contributed by atoms with Crippen molar-refractivity contribution in [2.45, 2.75) is 19.8 Å².